The molecule has 4 rings (SSSR count). The monoisotopic (exact) mass is 500 g/mol. The zero-order chi connectivity index (χ0) is 19.7. The van der Waals surface area contributed by atoms with E-state index >= 15 is 0 Å². The van der Waals surface area contributed by atoms with Gasteiger partial charge >= 0.3 is 0 Å². The van der Waals surface area contributed by atoms with Crippen molar-refractivity contribution in [2.45, 2.75) is 0 Å². The first-order chi connectivity index (χ1) is 13.5. The van der Waals surface area contributed by atoms with Gasteiger partial charge in [-0.05, 0) is 58.4 Å². The number of hydrogen-bond acceptors (Lipinski definition) is 5. The van der Waals surface area contributed by atoms with E-state index < -0.39 is 0 Å². The summed E-state index contributed by atoms with van der Waals surface area (Å²) in [6.07, 6.45) is 1.58. The number of nitrogens with zero attached hydrogens (tertiary/aromatic N) is 2. The predicted molar refractivity (Wildman–Crippen MR) is 117 cm³/mol. The minimum absolute atomic E-state index is 0.0354. The molecule has 0 spiro atoms. The average molecular weight is 502 g/mol. The van der Waals surface area contributed by atoms with Gasteiger partial charge in [-0.2, -0.15) is 0 Å². The van der Waals surface area contributed by atoms with Crippen molar-refractivity contribution in [2.24, 2.45) is 4.99 Å². The van der Waals surface area contributed by atoms with Crippen LogP contribution in [0.3, 0.4) is 0 Å². The van der Waals surface area contributed by atoms with Crippen molar-refractivity contribution in [3.63, 3.8) is 0 Å². The van der Waals surface area contributed by atoms with Crippen molar-refractivity contribution >= 4 is 54.9 Å². The van der Waals surface area contributed by atoms with Gasteiger partial charge in [0, 0.05) is 20.7 Å². The fourth-order valence-electron chi connectivity index (χ4n) is 2.74. The Labute approximate surface area is 178 Å². The molecule has 1 N–H and O–H groups in total. The largest absolute Gasteiger partial charge is 0.504 e. The van der Waals surface area contributed by atoms with Gasteiger partial charge in [-0.1, -0.05) is 28.1 Å². The summed E-state index contributed by atoms with van der Waals surface area (Å²) in [6.45, 7) is 0. The number of oxazole rings is 1. The molecule has 1 heterocycles. The van der Waals surface area contributed by atoms with Crippen molar-refractivity contribution < 1.29 is 14.3 Å². The van der Waals surface area contributed by atoms with E-state index in [0.29, 0.717) is 34.0 Å². The van der Waals surface area contributed by atoms with Gasteiger partial charge in [-0.3, -0.25) is 4.99 Å². The van der Waals surface area contributed by atoms with Crippen LogP contribution in [0.15, 0.2) is 73.0 Å². The van der Waals surface area contributed by atoms with Crippen molar-refractivity contribution in [1.82, 2.24) is 4.98 Å². The second kappa shape index (κ2) is 7.77. The zero-order valence-electron chi connectivity index (χ0n) is 14.7. The van der Waals surface area contributed by atoms with E-state index in [2.05, 4.69) is 41.8 Å². The summed E-state index contributed by atoms with van der Waals surface area (Å²) in [4.78, 5) is 9.02. The molecular weight excluding hydrogens is 488 g/mol. The Kier molecular flexibility index (Phi) is 5.19. The Hall–Kier alpha value is -2.64. The standard InChI is InChI=1S/C21H14Br2N2O3/c1-27-19-9-13(22)8-12(20(19)26)11-24-14-6-7-18-17(10-14)25-21(28-18)15-4-2-3-5-16(15)23/h2-11,26H,1H3. The smallest absolute Gasteiger partial charge is 0.228 e. The molecule has 0 saturated carbocycles. The number of phenols is 1. The van der Waals surface area contributed by atoms with Crippen LogP contribution in [0.1, 0.15) is 5.56 Å². The summed E-state index contributed by atoms with van der Waals surface area (Å²) < 4.78 is 12.7. The maximum Gasteiger partial charge on any atom is 0.228 e. The van der Waals surface area contributed by atoms with E-state index in [0.717, 1.165) is 14.5 Å². The van der Waals surface area contributed by atoms with Gasteiger partial charge in [0.15, 0.2) is 17.1 Å². The highest BCUT2D eigenvalue weighted by molar-refractivity contribution is 9.10. The van der Waals surface area contributed by atoms with Gasteiger partial charge < -0.3 is 14.3 Å². The van der Waals surface area contributed by atoms with Gasteiger partial charge in [-0.25, -0.2) is 4.98 Å². The highest BCUT2D eigenvalue weighted by atomic mass is 79.9. The highest BCUT2D eigenvalue weighted by Crippen LogP contribution is 2.34. The molecule has 0 fully saturated rings. The van der Waals surface area contributed by atoms with Crippen molar-refractivity contribution in [3.05, 3.63) is 69.1 Å². The number of aromatic nitrogens is 1. The number of aromatic hydroxyl groups is 1. The van der Waals surface area contributed by atoms with Gasteiger partial charge in [0.2, 0.25) is 5.89 Å². The van der Waals surface area contributed by atoms with Crippen LogP contribution in [-0.2, 0) is 0 Å². The number of ether oxygens (including phenoxy) is 1. The minimum Gasteiger partial charge on any atom is -0.504 e. The number of rotatable bonds is 4. The van der Waals surface area contributed by atoms with Gasteiger partial charge in [0.05, 0.1) is 18.4 Å². The molecule has 140 valence electrons. The summed E-state index contributed by atoms with van der Waals surface area (Å²) in [5.74, 6) is 0.951. The first kappa shape index (κ1) is 18.7. The first-order valence-corrected chi connectivity index (χ1v) is 9.90. The number of halogens is 2. The van der Waals surface area contributed by atoms with Crippen molar-refractivity contribution in [1.29, 1.82) is 0 Å². The van der Waals surface area contributed by atoms with E-state index in [1.54, 1.807) is 18.3 Å². The number of fused-ring (bicyclic) bond motifs is 1. The molecule has 0 aliphatic heterocycles. The molecule has 3 aromatic carbocycles. The van der Waals surface area contributed by atoms with E-state index in [1.807, 2.05) is 42.5 Å². The van der Waals surface area contributed by atoms with Crippen LogP contribution in [0.2, 0.25) is 0 Å². The molecule has 7 heteroatoms. The second-order valence-electron chi connectivity index (χ2n) is 5.95. The fraction of sp³-hybridized carbons (Fsp3) is 0.0476. The topological polar surface area (TPSA) is 67.9 Å². The maximum absolute atomic E-state index is 10.2. The van der Waals surface area contributed by atoms with E-state index in [-0.39, 0.29) is 5.75 Å². The van der Waals surface area contributed by atoms with Crippen LogP contribution in [0.4, 0.5) is 5.69 Å². The third kappa shape index (κ3) is 3.68. The Bertz CT molecular complexity index is 1200. The van der Waals surface area contributed by atoms with Gasteiger partial charge in [0.1, 0.15) is 5.52 Å². The maximum atomic E-state index is 10.2. The Morgan fingerprint density at radius 1 is 1.11 bits per heavy atom. The first-order valence-electron chi connectivity index (χ1n) is 8.31. The molecule has 5 nitrogen and oxygen atoms in total. The zero-order valence-corrected chi connectivity index (χ0v) is 17.9. The molecule has 28 heavy (non-hydrogen) atoms. The lowest BCUT2D eigenvalue weighted by atomic mass is 10.2. The fourth-order valence-corrected chi connectivity index (χ4v) is 3.65. The Morgan fingerprint density at radius 2 is 1.93 bits per heavy atom. The van der Waals surface area contributed by atoms with Gasteiger partial charge in [-0.15, -0.1) is 0 Å². The number of phenolic OH excluding ortho intramolecular Hbond substituents is 1. The van der Waals surface area contributed by atoms with Crippen molar-refractivity contribution in [3.8, 4) is 23.0 Å². The lowest BCUT2D eigenvalue weighted by molar-refractivity contribution is 0.373. The van der Waals surface area contributed by atoms with Crippen LogP contribution in [0, 0.1) is 0 Å². The molecule has 0 radical (unpaired) electrons. The summed E-state index contributed by atoms with van der Waals surface area (Å²) in [6, 6.07) is 16.7. The van der Waals surface area contributed by atoms with Crippen LogP contribution in [0.25, 0.3) is 22.6 Å². The number of aliphatic imine (C=N–C) groups is 1. The summed E-state index contributed by atoms with van der Waals surface area (Å²) >= 11 is 6.92. The summed E-state index contributed by atoms with van der Waals surface area (Å²) in [7, 11) is 1.50. The molecule has 0 amide bonds. The average Bonchev–Trinajstić information content (AvgIpc) is 3.11. The van der Waals surface area contributed by atoms with Crippen LogP contribution < -0.4 is 4.74 Å². The molecule has 0 unspecified atom stereocenters. The van der Waals surface area contributed by atoms with E-state index in [1.165, 1.54) is 7.11 Å². The number of hydrogen-bond donors (Lipinski definition) is 1. The van der Waals surface area contributed by atoms with Crippen molar-refractivity contribution in [2.75, 3.05) is 7.11 Å². The predicted octanol–water partition coefficient (Wildman–Crippen LogP) is 6.48. The van der Waals surface area contributed by atoms with Gasteiger partial charge in [0.25, 0.3) is 0 Å². The number of methoxy groups -OCH3 is 1. The Balaban J connectivity index is 1.68. The third-order valence-electron chi connectivity index (χ3n) is 4.12. The van der Waals surface area contributed by atoms with E-state index in [9.17, 15) is 5.11 Å². The molecule has 0 aliphatic carbocycles. The van der Waals surface area contributed by atoms with Crippen LogP contribution in [-0.4, -0.2) is 23.4 Å². The molecule has 1 aromatic heterocycles. The summed E-state index contributed by atoms with van der Waals surface area (Å²) in [5.41, 5.74) is 3.50. The lowest BCUT2D eigenvalue weighted by Gasteiger charge is -2.06. The molecule has 0 saturated heterocycles. The normalized spacial score (nSPS) is 11.4. The quantitative estimate of drug-likeness (QED) is 0.325. The second-order valence-corrected chi connectivity index (χ2v) is 7.72. The van der Waals surface area contributed by atoms with E-state index in [4.69, 9.17) is 9.15 Å². The molecule has 0 atom stereocenters. The minimum atomic E-state index is 0.0354. The lowest BCUT2D eigenvalue weighted by Crippen LogP contribution is -1.89. The number of benzene rings is 3. The molecule has 4 aromatic rings. The SMILES string of the molecule is COc1cc(Br)cc(C=Nc2ccc3oc(-c4ccccc4Br)nc3c2)c1O. The summed E-state index contributed by atoms with van der Waals surface area (Å²) in [5, 5.41) is 10.2. The van der Waals surface area contributed by atoms with Crippen LogP contribution in [0.5, 0.6) is 11.5 Å². The third-order valence-corrected chi connectivity index (χ3v) is 5.27. The molecule has 0 aliphatic rings. The Morgan fingerprint density at radius 3 is 2.71 bits per heavy atom. The molecular formula is C21H14Br2N2O3. The van der Waals surface area contributed by atoms with Crippen LogP contribution >= 0.6 is 31.9 Å². The highest BCUT2D eigenvalue weighted by Gasteiger charge is 2.12. The molecule has 0 bridgehead atoms.